The number of ether oxygens (including phenoxy) is 1. The molecular weight excluding hydrogens is 439 g/mol. The molecule has 0 aromatic rings. The first kappa shape index (κ1) is 25.2. The lowest BCUT2D eigenvalue weighted by Crippen LogP contribution is -2.69. The van der Waals surface area contributed by atoms with Gasteiger partial charge in [-0.05, 0) is 44.6 Å². The van der Waals surface area contributed by atoms with Crippen molar-refractivity contribution in [2.24, 2.45) is 28.6 Å². The van der Waals surface area contributed by atoms with E-state index in [9.17, 15) is 24.6 Å². The molecule has 0 unspecified atom stereocenters. The molecule has 34 heavy (non-hydrogen) atoms. The van der Waals surface area contributed by atoms with Crippen molar-refractivity contribution in [2.45, 2.75) is 90.0 Å². The molecule has 7 heteroatoms. The predicted molar refractivity (Wildman–Crippen MR) is 123 cm³/mol. The van der Waals surface area contributed by atoms with Gasteiger partial charge in [-0.15, -0.1) is 0 Å². The number of halogens is 1. The Labute approximate surface area is 200 Å². The quantitative estimate of drug-likeness (QED) is 0.448. The van der Waals surface area contributed by atoms with Crippen LogP contribution in [0.4, 0.5) is 4.39 Å². The van der Waals surface area contributed by atoms with Crippen LogP contribution in [0.2, 0.25) is 0 Å². The average Bonchev–Trinajstić information content (AvgIpc) is 3.00. The maximum absolute atomic E-state index is 17.3. The average molecular weight is 477 g/mol. The van der Waals surface area contributed by atoms with Crippen LogP contribution < -0.4 is 0 Å². The summed E-state index contributed by atoms with van der Waals surface area (Å²) in [6, 6.07) is 0. The summed E-state index contributed by atoms with van der Waals surface area (Å²) in [5.74, 6) is -2.60. The molecule has 188 valence electrons. The highest BCUT2D eigenvalue weighted by atomic mass is 19.1. The number of alkyl halides is 1. The molecule has 0 aromatic heterocycles. The second kappa shape index (κ2) is 8.37. The number of aliphatic hydroxyl groups excluding tert-OH is 2. The normalized spacial score (nSPS) is 45.1. The van der Waals surface area contributed by atoms with Crippen LogP contribution in [0.5, 0.6) is 0 Å². The maximum atomic E-state index is 17.3. The van der Waals surface area contributed by atoms with Crippen molar-refractivity contribution >= 4 is 17.5 Å². The van der Waals surface area contributed by atoms with Crippen LogP contribution in [-0.2, 0) is 19.1 Å². The van der Waals surface area contributed by atoms with Crippen molar-refractivity contribution < 1.29 is 33.7 Å². The molecule has 4 aliphatic rings. The third-order valence-corrected chi connectivity index (χ3v) is 9.71. The second-order valence-corrected chi connectivity index (χ2v) is 11.3. The molecule has 0 radical (unpaired) electrons. The van der Waals surface area contributed by atoms with Gasteiger partial charge in [0.25, 0.3) is 0 Å². The summed E-state index contributed by atoms with van der Waals surface area (Å²) in [4.78, 5) is 38.2. The number of hydrogen-bond donors (Lipinski definition) is 2. The minimum absolute atomic E-state index is 0.0769. The predicted octanol–water partition coefficient (Wildman–Crippen LogP) is 3.64. The number of Topliss-reactive ketones (excluding diaryl/α,β-unsaturated/α-hetero) is 1. The number of unbranched alkanes of at least 4 members (excludes halogenated alkanes) is 1. The molecule has 6 nitrogen and oxygen atoms in total. The molecule has 2 saturated carbocycles. The topological polar surface area (TPSA) is 101 Å². The SMILES string of the molecule is CCCCC(=O)O[C@]1(C(=O)CO)[C@@H](C)C[C@H]2[C@@H]3CC=C4CC(=O)C=C[C@]4(C)[C@@]3(F)[C@@H](O)C[C@@]21C. The van der Waals surface area contributed by atoms with Gasteiger partial charge < -0.3 is 14.9 Å². The van der Waals surface area contributed by atoms with E-state index in [-0.39, 0.29) is 31.0 Å². The molecule has 4 aliphatic carbocycles. The summed E-state index contributed by atoms with van der Waals surface area (Å²) in [6.45, 7) is 6.54. The highest BCUT2D eigenvalue weighted by Crippen LogP contribution is 2.71. The third kappa shape index (κ3) is 3.08. The van der Waals surface area contributed by atoms with Gasteiger partial charge in [-0.1, -0.05) is 44.9 Å². The maximum Gasteiger partial charge on any atom is 0.306 e. The fourth-order valence-corrected chi connectivity index (χ4v) is 7.97. The van der Waals surface area contributed by atoms with Crippen molar-refractivity contribution in [3.8, 4) is 0 Å². The van der Waals surface area contributed by atoms with Gasteiger partial charge in [-0.2, -0.15) is 0 Å². The summed E-state index contributed by atoms with van der Waals surface area (Å²) < 4.78 is 23.3. The molecule has 0 spiro atoms. The standard InChI is InChI=1S/C27H37FO6/c1-5-6-7-23(33)34-27(22(32)15-29)16(2)12-20-19-9-8-17-13-18(30)10-11-24(17,3)26(19,28)21(31)14-25(20,27)4/h8,10-11,16,19-21,29,31H,5-7,9,12-15H2,1-4H3/t16-,19-,20-,21-,24-,25-,26-,27-/m0/s1. The minimum atomic E-state index is -2.03. The second-order valence-electron chi connectivity index (χ2n) is 11.3. The van der Waals surface area contributed by atoms with E-state index < -0.39 is 58.4 Å². The molecular formula is C27H37FO6. The number of fused-ring (bicyclic) bond motifs is 5. The summed E-state index contributed by atoms with van der Waals surface area (Å²) in [6.07, 6.45) is 5.90. The Morgan fingerprint density at radius 2 is 1.97 bits per heavy atom. The first-order valence-corrected chi connectivity index (χ1v) is 12.6. The van der Waals surface area contributed by atoms with Crippen LogP contribution in [0.15, 0.2) is 23.8 Å². The Balaban J connectivity index is 1.81. The van der Waals surface area contributed by atoms with Gasteiger partial charge in [0.2, 0.25) is 5.78 Å². The lowest BCUT2D eigenvalue weighted by Gasteiger charge is -2.62. The lowest BCUT2D eigenvalue weighted by molar-refractivity contribution is -0.225. The molecule has 0 amide bonds. The van der Waals surface area contributed by atoms with E-state index in [4.69, 9.17) is 4.74 Å². The van der Waals surface area contributed by atoms with E-state index in [1.54, 1.807) is 13.0 Å². The van der Waals surface area contributed by atoms with E-state index in [1.807, 2.05) is 26.8 Å². The zero-order chi connectivity index (χ0) is 25.1. The van der Waals surface area contributed by atoms with Gasteiger partial charge >= 0.3 is 5.97 Å². The number of aliphatic hydroxyl groups is 2. The van der Waals surface area contributed by atoms with E-state index >= 15 is 4.39 Å². The summed E-state index contributed by atoms with van der Waals surface area (Å²) in [5, 5.41) is 21.4. The number of hydrogen-bond acceptors (Lipinski definition) is 6. The van der Waals surface area contributed by atoms with Crippen LogP contribution in [0.25, 0.3) is 0 Å². The molecule has 0 aliphatic heterocycles. The number of esters is 1. The Morgan fingerprint density at radius 3 is 2.62 bits per heavy atom. The molecule has 2 N–H and O–H groups in total. The monoisotopic (exact) mass is 476 g/mol. The highest BCUT2D eigenvalue weighted by molar-refractivity contribution is 5.94. The zero-order valence-electron chi connectivity index (χ0n) is 20.6. The Hall–Kier alpha value is -1.86. The van der Waals surface area contributed by atoms with E-state index in [2.05, 4.69) is 0 Å². The van der Waals surface area contributed by atoms with Crippen molar-refractivity contribution in [3.63, 3.8) is 0 Å². The number of carbonyl (C=O) groups excluding carboxylic acids is 3. The third-order valence-electron chi connectivity index (χ3n) is 9.71. The Bertz CT molecular complexity index is 957. The number of ketones is 2. The summed E-state index contributed by atoms with van der Waals surface area (Å²) >= 11 is 0. The molecule has 8 atom stereocenters. The molecule has 0 saturated heterocycles. The minimum Gasteiger partial charge on any atom is -0.450 e. The molecule has 0 aromatic carbocycles. The van der Waals surface area contributed by atoms with Gasteiger partial charge in [0.1, 0.15) is 6.61 Å². The van der Waals surface area contributed by atoms with Crippen LogP contribution in [-0.4, -0.2) is 51.7 Å². The van der Waals surface area contributed by atoms with E-state index in [0.29, 0.717) is 24.8 Å². The van der Waals surface area contributed by atoms with Crippen LogP contribution in [0.3, 0.4) is 0 Å². The molecule has 0 bridgehead atoms. The van der Waals surface area contributed by atoms with Gasteiger partial charge in [0, 0.05) is 35.5 Å². The van der Waals surface area contributed by atoms with E-state index in [0.717, 1.165) is 6.42 Å². The first-order valence-electron chi connectivity index (χ1n) is 12.6. The van der Waals surface area contributed by atoms with Gasteiger partial charge in [0.15, 0.2) is 17.1 Å². The number of allylic oxidation sites excluding steroid dienone is 4. The van der Waals surface area contributed by atoms with Gasteiger partial charge in [-0.25, -0.2) is 4.39 Å². The summed E-state index contributed by atoms with van der Waals surface area (Å²) in [5.41, 5.74) is -5.12. The van der Waals surface area contributed by atoms with Gasteiger partial charge in [-0.3, -0.25) is 14.4 Å². The first-order chi connectivity index (χ1) is 15.9. The number of rotatable bonds is 6. The van der Waals surface area contributed by atoms with Crippen molar-refractivity contribution in [3.05, 3.63) is 23.8 Å². The Kier molecular flexibility index (Phi) is 6.21. The molecule has 4 rings (SSSR count). The van der Waals surface area contributed by atoms with E-state index in [1.165, 1.54) is 6.08 Å². The largest absolute Gasteiger partial charge is 0.450 e. The fraction of sp³-hybridized carbons (Fsp3) is 0.741. The van der Waals surface area contributed by atoms with Crippen molar-refractivity contribution in [2.75, 3.05) is 6.61 Å². The molecule has 0 heterocycles. The Morgan fingerprint density at radius 1 is 1.26 bits per heavy atom. The lowest BCUT2D eigenvalue weighted by atomic mass is 9.45. The highest BCUT2D eigenvalue weighted by Gasteiger charge is 2.76. The van der Waals surface area contributed by atoms with Crippen LogP contribution >= 0.6 is 0 Å². The number of carbonyl (C=O) groups is 3. The smallest absolute Gasteiger partial charge is 0.306 e. The zero-order valence-corrected chi connectivity index (χ0v) is 20.6. The van der Waals surface area contributed by atoms with Gasteiger partial charge in [0.05, 0.1) is 6.10 Å². The fourth-order valence-electron chi connectivity index (χ4n) is 7.97. The van der Waals surface area contributed by atoms with Crippen molar-refractivity contribution in [1.29, 1.82) is 0 Å². The molecule has 2 fully saturated rings. The summed E-state index contributed by atoms with van der Waals surface area (Å²) in [7, 11) is 0. The van der Waals surface area contributed by atoms with Crippen LogP contribution in [0, 0.1) is 28.6 Å². The van der Waals surface area contributed by atoms with Crippen molar-refractivity contribution in [1.82, 2.24) is 0 Å². The van der Waals surface area contributed by atoms with Crippen LogP contribution in [0.1, 0.15) is 72.6 Å².